The van der Waals surface area contributed by atoms with E-state index in [-0.39, 0.29) is 19.8 Å². The second-order valence-electron chi connectivity index (χ2n) is 3.98. The molecule has 0 atom stereocenters. The maximum absolute atomic E-state index is 8.66. The van der Waals surface area contributed by atoms with Crippen molar-refractivity contribution in [3.05, 3.63) is 0 Å². The zero-order chi connectivity index (χ0) is 15.1. The summed E-state index contributed by atoms with van der Waals surface area (Å²) in [6, 6.07) is 0. The van der Waals surface area contributed by atoms with Gasteiger partial charge in [-0.1, -0.05) is 6.92 Å². The molecule has 19 heavy (non-hydrogen) atoms. The summed E-state index contributed by atoms with van der Waals surface area (Å²) >= 11 is 0. The Labute approximate surface area is 118 Å². The fourth-order valence-electron chi connectivity index (χ4n) is 1.04. The number of hydrogen-bond donors (Lipinski definition) is 3. The van der Waals surface area contributed by atoms with Crippen molar-refractivity contribution < 1.29 is 28.6 Å². The van der Waals surface area contributed by atoms with Gasteiger partial charge in [-0.05, 0) is 27.2 Å². The summed E-state index contributed by atoms with van der Waals surface area (Å²) in [6.07, 6.45) is 0.594. The van der Waals surface area contributed by atoms with Crippen LogP contribution in [0.4, 0.5) is 0 Å². The van der Waals surface area contributed by atoms with E-state index in [1.807, 2.05) is 27.7 Å². The van der Waals surface area contributed by atoms with Crippen molar-refractivity contribution in [2.45, 2.75) is 34.1 Å². The molecule has 0 fully saturated rings. The van der Waals surface area contributed by atoms with Crippen LogP contribution >= 0.6 is 0 Å². The third-order valence-electron chi connectivity index (χ3n) is 2.66. The monoisotopic (exact) mass is 298 g/mol. The normalized spacial score (nSPS) is 11.4. The molecule has 0 rings (SSSR count). The summed E-state index contributed by atoms with van der Waals surface area (Å²) in [5.74, 6) is 0. The van der Waals surface area contributed by atoms with Gasteiger partial charge in [0.05, 0.1) is 19.8 Å². The van der Waals surface area contributed by atoms with Crippen molar-refractivity contribution in [2.75, 3.05) is 39.6 Å². The summed E-state index contributed by atoms with van der Waals surface area (Å²) < 4.78 is 15.7. The number of aliphatic hydroxyl groups excluding tert-OH is 3. The van der Waals surface area contributed by atoms with Gasteiger partial charge in [0.15, 0.2) is 0 Å². The Morgan fingerprint density at radius 1 is 0.737 bits per heavy atom. The first kappa shape index (κ1) is 21.3. The third kappa shape index (κ3) is 10.4. The van der Waals surface area contributed by atoms with Crippen molar-refractivity contribution in [3.8, 4) is 0 Å². The molecule has 0 spiro atoms. The Hall–Kier alpha value is -0.0231. The molecular weight excluding hydrogens is 268 g/mol. The minimum absolute atomic E-state index is 0.156. The fraction of sp³-hybridized carbons (Fsp3) is 1.00. The van der Waals surface area contributed by atoms with Crippen molar-refractivity contribution in [1.82, 2.24) is 0 Å². The molecule has 0 heterocycles. The summed E-state index contributed by atoms with van der Waals surface area (Å²) in [7, 11) is -1.73. The summed E-state index contributed by atoms with van der Waals surface area (Å²) in [6.45, 7) is 9.21. The Morgan fingerprint density at radius 2 is 1.05 bits per heavy atom. The maximum Gasteiger partial charge on any atom is 0.484 e. The lowest BCUT2D eigenvalue weighted by Gasteiger charge is -2.24. The smallest absolute Gasteiger partial charge is 0.396 e. The molecule has 0 amide bonds. The molecule has 0 aromatic rings. The average Bonchev–Trinajstić information content (AvgIpc) is 2.44. The largest absolute Gasteiger partial charge is 0.484 e. The lowest BCUT2D eigenvalue weighted by Crippen LogP contribution is -2.32. The van der Waals surface area contributed by atoms with Gasteiger partial charge in [0.2, 0.25) is 0 Å². The van der Waals surface area contributed by atoms with E-state index in [2.05, 4.69) is 0 Å². The van der Waals surface area contributed by atoms with Crippen LogP contribution in [-0.4, -0.2) is 64.5 Å². The molecule has 0 unspecified atom stereocenters. The minimum atomic E-state index is -1.73. The molecule has 3 N–H and O–H groups in total. The molecule has 0 aliphatic carbocycles. The van der Waals surface area contributed by atoms with E-state index in [0.29, 0.717) is 26.2 Å². The summed E-state index contributed by atoms with van der Waals surface area (Å²) in [4.78, 5) is 0. The van der Waals surface area contributed by atoms with E-state index >= 15 is 0 Å². The van der Waals surface area contributed by atoms with Gasteiger partial charge >= 0.3 is 9.53 Å². The standard InChI is InChI=1S/C6H16O3Si.C6H14O3/c1-4-7-10(8-5-2)9-6-3;1-2-6(3-7,4-8)5-9/h10H,4-6H2,1-3H3;7-9H,2-5H2,1H3. The Bertz CT molecular complexity index is 146. The SMILES string of the molecule is CCC(CO)(CO)CO.CCO[SiH](OCC)OCC. The molecule has 118 valence electrons. The molecule has 0 bridgehead atoms. The highest BCUT2D eigenvalue weighted by Crippen LogP contribution is 2.18. The van der Waals surface area contributed by atoms with E-state index in [4.69, 9.17) is 28.6 Å². The van der Waals surface area contributed by atoms with Crippen LogP contribution in [0.3, 0.4) is 0 Å². The molecule has 7 heteroatoms. The average molecular weight is 298 g/mol. The van der Waals surface area contributed by atoms with Crippen LogP contribution in [0.2, 0.25) is 0 Å². The van der Waals surface area contributed by atoms with Gasteiger partial charge in [0, 0.05) is 25.2 Å². The molecule has 0 aliphatic heterocycles. The second kappa shape index (κ2) is 14.4. The first-order chi connectivity index (χ1) is 9.09. The van der Waals surface area contributed by atoms with Gasteiger partial charge in [0.25, 0.3) is 0 Å². The van der Waals surface area contributed by atoms with Gasteiger partial charge < -0.3 is 28.6 Å². The van der Waals surface area contributed by atoms with Crippen molar-refractivity contribution in [1.29, 1.82) is 0 Å². The highest BCUT2D eigenvalue weighted by molar-refractivity contribution is 6.36. The number of rotatable bonds is 10. The van der Waals surface area contributed by atoms with Gasteiger partial charge in [-0.15, -0.1) is 0 Å². The van der Waals surface area contributed by atoms with Crippen molar-refractivity contribution in [3.63, 3.8) is 0 Å². The molecule has 0 saturated carbocycles. The predicted octanol–water partition coefficient (Wildman–Crippen LogP) is 0.173. The van der Waals surface area contributed by atoms with Crippen LogP contribution in [0.25, 0.3) is 0 Å². The van der Waals surface area contributed by atoms with Crippen LogP contribution < -0.4 is 0 Å². The predicted molar refractivity (Wildman–Crippen MR) is 76.0 cm³/mol. The van der Waals surface area contributed by atoms with E-state index in [1.54, 1.807) is 0 Å². The van der Waals surface area contributed by atoms with Crippen LogP contribution in [0.15, 0.2) is 0 Å². The Morgan fingerprint density at radius 3 is 1.16 bits per heavy atom. The maximum atomic E-state index is 8.66. The first-order valence-electron chi connectivity index (χ1n) is 6.76. The lowest BCUT2D eigenvalue weighted by molar-refractivity contribution is 0.00304. The molecular formula is C12H30O6Si. The Balaban J connectivity index is 0. The third-order valence-corrected chi connectivity index (χ3v) is 4.48. The quantitative estimate of drug-likeness (QED) is 0.498. The van der Waals surface area contributed by atoms with Crippen molar-refractivity contribution in [2.24, 2.45) is 5.41 Å². The number of hydrogen-bond acceptors (Lipinski definition) is 6. The second-order valence-corrected chi connectivity index (χ2v) is 5.56. The van der Waals surface area contributed by atoms with Crippen LogP contribution in [0, 0.1) is 5.41 Å². The van der Waals surface area contributed by atoms with Crippen molar-refractivity contribution >= 4 is 9.53 Å². The van der Waals surface area contributed by atoms with E-state index < -0.39 is 14.9 Å². The Kier molecular flexibility index (Phi) is 16.1. The molecule has 0 radical (unpaired) electrons. The molecule has 0 saturated heterocycles. The summed E-state index contributed by atoms with van der Waals surface area (Å²) in [5.41, 5.74) is -0.667. The molecule has 0 aliphatic rings. The highest BCUT2D eigenvalue weighted by Gasteiger charge is 2.24. The topological polar surface area (TPSA) is 88.4 Å². The number of aliphatic hydroxyl groups is 3. The molecule has 6 nitrogen and oxygen atoms in total. The van der Waals surface area contributed by atoms with Gasteiger partial charge in [-0.2, -0.15) is 0 Å². The summed E-state index contributed by atoms with van der Waals surface area (Å²) in [5, 5.41) is 26.0. The van der Waals surface area contributed by atoms with Gasteiger partial charge in [-0.25, -0.2) is 0 Å². The van der Waals surface area contributed by atoms with Crippen LogP contribution in [0.1, 0.15) is 34.1 Å². The molecule has 0 aromatic carbocycles. The van der Waals surface area contributed by atoms with E-state index in [0.717, 1.165) is 0 Å². The highest BCUT2D eigenvalue weighted by atomic mass is 28.3. The van der Waals surface area contributed by atoms with Crippen LogP contribution in [0.5, 0.6) is 0 Å². The lowest BCUT2D eigenvalue weighted by atomic mass is 9.88. The minimum Gasteiger partial charge on any atom is -0.396 e. The fourth-order valence-corrected chi connectivity index (χ4v) is 2.14. The van der Waals surface area contributed by atoms with Crippen LogP contribution in [-0.2, 0) is 13.3 Å². The van der Waals surface area contributed by atoms with Gasteiger partial charge in [-0.3, -0.25) is 0 Å². The molecule has 0 aromatic heterocycles. The zero-order valence-corrected chi connectivity index (χ0v) is 13.7. The zero-order valence-electron chi connectivity index (χ0n) is 12.6. The van der Waals surface area contributed by atoms with E-state index in [1.165, 1.54) is 0 Å². The van der Waals surface area contributed by atoms with Gasteiger partial charge in [0.1, 0.15) is 0 Å². The first-order valence-corrected chi connectivity index (χ1v) is 8.18. The van der Waals surface area contributed by atoms with E-state index in [9.17, 15) is 0 Å².